The summed E-state index contributed by atoms with van der Waals surface area (Å²) >= 11 is 0. The molecule has 8 heteroatoms. The Morgan fingerprint density at radius 3 is 2.03 bits per heavy atom. The lowest BCUT2D eigenvalue weighted by atomic mass is 10.2. The number of amides is 1. The molecule has 33 heavy (non-hydrogen) atoms. The molecular weight excluding hydrogens is 418 g/mol. The lowest BCUT2D eigenvalue weighted by Crippen LogP contribution is -2.42. The highest BCUT2D eigenvalue weighted by atomic mass is 16.4. The molecule has 170 valence electrons. The normalized spacial score (nSPS) is 11.9. The number of azo groups is 1. The highest BCUT2D eigenvalue weighted by Crippen LogP contribution is 2.20. The van der Waals surface area contributed by atoms with Gasteiger partial charge < -0.3 is 21.1 Å². The second kappa shape index (κ2) is 12.8. The van der Waals surface area contributed by atoms with Crippen LogP contribution in [0.3, 0.4) is 0 Å². The highest BCUT2D eigenvalue weighted by Gasteiger charge is 2.20. The summed E-state index contributed by atoms with van der Waals surface area (Å²) in [6.45, 7) is 1.71. The summed E-state index contributed by atoms with van der Waals surface area (Å²) in [6.07, 6.45) is -0.177. The molecule has 0 saturated heterocycles. The standard InChI is InChI=1S/C25H27N5O3/c31-24(17-23(25(32)33)27-16-15-26-18-19-7-3-1-4-8-19)28-20-11-13-22(14-12-20)30-29-21-9-5-2-6-10-21/h1-14,23,26-27H,15-18H2,(H,28,31)(H,32,33). The molecule has 3 rings (SSSR count). The SMILES string of the molecule is O=C(CC(NCCNCc1ccccc1)C(=O)O)Nc1ccc(N=Nc2ccccc2)cc1. The quantitative estimate of drug-likeness (QED) is 0.246. The van der Waals surface area contributed by atoms with Gasteiger partial charge in [0.15, 0.2) is 0 Å². The minimum atomic E-state index is -1.06. The van der Waals surface area contributed by atoms with E-state index < -0.39 is 12.0 Å². The number of benzene rings is 3. The molecule has 0 aliphatic rings. The van der Waals surface area contributed by atoms with Crippen LogP contribution in [0.4, 0.5) is 17.1 Å². The van der Waals surface area contributed by atoms with Gasteiger partial charge in [-0.25, -0.2) is 0 Å². The average molecular weight is 446 g/mol. The second-order valence-corrected chi connectivity index (χ2v) is 7.34. The molecule has 0 spiro atoms. The van der Waals surface area contributed by atoms with E-state index in [0.717, 1.165) is 11.3 Å². The fourth-order valence-electron chi connectivity index (χ4n) is 3.03. The summed E-state index contributed by atoms with van der Waals surface area (Å²) in [5.74, 6) is -1.45. The van der Waals surface area contributed by atoms with Gasteiger partial charge in [0, 0.05) is 25.3 Å². The molecule has 0 heterocycles. The molecule has 0 aromatic heterocycles. The van der Waals surface area contributed by atoms with Gasteiger partial charge in [0.05, 0.1) is 17.8 Å². The fraction of sp³-hybridized carbons (Fsp3) is 0.200. The molecule has 1 unspecified atom stereocenters. The van der Waals surface area contributed by atoms with E-state index >= 15 is 0 Å². The zero-order valence-electron chi connectivity index (χ0n) is 18.1. The third-order valence-electron chi connectivity index (χ3n) is 4.74. The van der Waals surface area contributed by atoms with Gasteiger partial charge in [-0.2, -0.15) is 10.2 Å². The fourth-order valence-corrected chi connectivity index (χ4v) is 3.03. The van der Waals surface area contributed by atoms with Crippen molar-refractivity contribution < 1.29 is 14.7 Å². The Kier molecular flexibility index (Phi) is 9.26. The van der Waals surface area contributed by atoms with Crippen molar-refractivity contribution in [3.05, 3.63) is 90.5 Å². The molecule has 0 radical (unpaired) electrons. The average Bonchev–Trinajstić information content (AvgIpc) is 2.84. The number of carboxylic acids is 1. The zero-order chi connectivity index (χ0) is 23.3. The van der Waals surface area contributed by atoms with Crippen LogP contribution in [0.15, 0.2) is 95.2 Å². The Balaban J connectivity index is 1.41. The van der Waals surface area contributed by atoms with Gasteiger partial charge in [-0.05, 0) is 42.0 Å². The van der Waals surface area contributed by atoms with Gasteiger partial charge in [-0.15, -0.1) is 0 Å². The maximum atomic E-state index is 12.3. The number of carbonyl (C=O) groups excluding carboxylic acids is 1. The summed E-state index contributed by atoms with van der Waals surface area (Å²) in [5, 5.41) is 26.6. The summed E-state index contributed by atoms with van der Waals surface area (Å²) in [4.78, 5) is 23.8. The maximum Gasteiger partial charge on any atom is 0.321 e. The number of carboxylic acid groups (broad SMARTS) is 1. The molecule has 3 aromatic rings. The Morgan fingerprint density at radius 1 is 0.788 bits per heavy atom. The van der Waals surface area contributed by atoms with Crippen LogP contribution in [0.25, 0.3) is 0 Å². The van der Waals surface area contributed by atoms with Gasteiger partial charge in [-0.1, -0.05) is 48.5 Å². The summed E-state index contributed by atoms with van der Waals surface area (Å²) in [6, 6.07) is 25.2. The number of hydrogen-bond acceptors (Lipinski definition) is 6. The van der Waals surface area contributed by atoms with E-state index in [0.29, 0.717) is 31.0 Å². The lowest BCUT2D eigenvalue weighted by Gasteiger charge is -2.15. The van der Waals surface area contributed by atoms with Gasteiger partial charge in [0.25, 0.3) is 0 Å². The molecule has 0 bridgehead atoms. The van der Waals surface area contributed by atoms with Crippen LogP contribution in [0.5, 0.6) is 0 Å². The van der Waals surface area contributed by atoms with Crippen molar-refractivity contribution in [2.24, 2.45) is 10.2 Å². The number of rotatable bonds is 12. The van der Waals surface area contributed by atoms with Crippen LogP contribution < -0.4 is 16.0 Å². The Morgan fingerprint density at radius 2 is 1.39 bits per heavy atom. The van der Waals surface area contributed by atoms with Crippen LogP contribution in [0.2, 0.25) is 0 Å². The first kappa shape index (κ1) is 23.8. The molecular formula is C25H27N5O3. The van der Waals surface area contributed by atoms with E-state index in [-0.39, 0.29) is 12.3 Å². The Bertz CT molecular complexity index is 1040. The van der Waals surface area contributed by atoms with Crippen molar-refractivity contribution in [2.75, 3.05) is 18.4 Å². The van der Waals surface area contributed by atoms with E-state index in [1.807, 2.05) is 60.7 Å². The van der Waals surface area contributed by atoms with Gasteiger partial charge in [-0.3, -0.25) is 9.59 Å². The van der Waals surface area contributed by atoms with Gasteiger partial charge in [0.1, 0.15) is 6.04 Å². The van der Waals surface area contributed by atoms with E-state index in [4.69, 9.17) is 0 Å². The number of hydrogen-bond donors (Lipinski definition) is 4. The molecule has 0 aliphatic heterocycles. The topological polar surface area (TPSA) is 115 Å². The number of nitrogens with one attached hydrogen (secondary N) is 3. The van der Waals surface area contributed by atoms with Crippen LogP contribution >= 0.6 is 0 Å². The summed E-state index contributed by atoms with van der Waals surface area (Å²) < 4.78 is 0. The van der Waals surface area contributed by atoms with Crippen molar-refractivity contribution in [1.82, 2.24) is 10.6 Å². The van der Waals surface area contributed by atoms with Gasteiger partial charge >= 0.3 is 5.97 Å². The molecule has 1 amide bonds. The first-order valence-electron chi connectivity index (χ1n) is 10.7. The monoisotopic (exact) mass is 445 g/mol. The van der Waals surface area contributed by atoms with Crippen LogP contribution in [-0.4, -0.2) is 36.1 Å². The third-order valence-corrected chi connectivity index (χ3v) is 4.74. The molecule has 3 aromatic carbocycles. The van der Waals surface area contributed by atoms with Crippen molar-refractivity contribution in [2.45, 2.75) is 19.0 Å². The predicted molar refractivity (Wildman–Crippen MR) is 128 cm³/mol. The minimum Gasteiger partial charge on any atom is -0.480 e. The van der Waals surface area contributed by atoms with Gasteiger partial charge in [0.2, 0.25) is 5.91 Å². The van der Waals surface area contributed by atoms with Crippen LogP contribution in [0.1, 0.15) is 12.0 Å². The zero-order valence-corrected chi connectivity index (χ0v) is 18.1. The second-order valence-electron chi connectivity index (χ2n) is 7.34. The first-order chi connectivity index (χ1) is 16.1. The molecule has 0 saturated carbocycles. The van der Waals surface area contributed by atoms with E-state index in [9.17, 15) is 14.7 Å². The molecule has 8 nitrogen and oxygen atoms in total. The molecule has 0 fully saturated rings. The maximum absolute atomic E-state index is 12.3. The van der Waals surface area contributed by atoms with Crippen LogP contribution in [-0.2, 0) is 16.1 Å². The van der Waals surface area contributed by atoms with Crippen molar-refractivity contribution in [3.8, 4) is 0 Å². The van der Waals surface area contributed by atoms with Crippen molar-refractivity contribution >= 4 is 28.9 Å². The number of anilines is 1. The van der Waals surface area contributed by atoms with Crippen LogP contribution in [0, 0.1) is 0 Å². The smallest absolute Gasteiger partial charge is 0.321 e. The Hall–Kier alpha value is -3.88. The minimum absolute atomic E-state index is 0.177. The Labute approximate surface area is 192 Å². The predicted octanol–water partition coefficient (Wildman–Crippen LogP) is 4.26. The third kappa shape index (κ3) is 8.64. The molecule has 1 atom stereocenters. The first-order valence-corrected chi connectivity index (χ1v) is 10.7. The van der Waals surface area contributed by atoms with E-state index in [2.05, 4.69) is 26.2 Å². The largest absolute Gasteiger partial charge is 0.480 e. The summed E-state index contributed by atoms with van der Waals surface area (Å²) in [7, 11) is 0. The van der Waals surface area contributed by atoms with Crippen molar-refractivity contribution in [1.29, 1.82) is 0 Å². The lowest BCUT2D eigenvalue weighted by molar-refractivity contribution is -0.141. The van der Waals surface area contributed by atoms with E-state index in [1.165, 1.54) is 0 Å². The number of nitrogens with zero attached hydrogens (tertiary/aromatic N) is 2. The number of carbonyl (C=O) groups is 2. The number of aliphatic carboxylic acids is 1. The van der Waals surface area contributed by atoms with Crippen molar-refractivity contribution in [3.63, 3.8) is 0 Å². The highest BCUT2D eigenvalue weighted by molar-refractivity contribution is 5.94. The molecule has 4 N–H and O–H groups in total. The summed E-state index contributed by atoms with van der Waals surface area (Å²) in [5.41, 5.74) is 3.11. The van der Waals surface area contributed by atoms with E-state index in [1.54, 1.807) is 24.3 Å². The molecule has 0 aliphatic carbocycles.